The number of aryl methyl sites for hydroxylation is 2. The fourth-order valence-electron chi connectivity index (χ4n) is 4.09. The SMILES string of the molecule is CN=C(NCCCc1c[nH]c2ccccc12)NCc1ccc(C)cc1OCC1CCOC1.I. The Bertz CT molecular complexity index is 1040. The molecule has 33 heavy (non-hydrogen) atoms. The normalized spacial score (nSPS) is 15.9. The Morgan fingerprint density at radius 1 is 1.18 bits per heavy atom. The molecule has 3 aromatic rings. The van der Waals surface area contributed by atoms with E-state index in [1.54, 1.807) is 0 Å². The number of nitrogens with zero attached hydrogens (tertiary/aromatic N) is 1. The number of benzene rings is 2. The van der Waals surface area contributed by atoms with E-state index in [2.05, 4.69) is 76.2 Å². The summed E-state index contributed by atoms with van der Waals surface area (Å²) in [6, 6.07) is 14.8. The van der Waals surface area contributed by atoms with E-state index >= 15 is 0 Å². The van der Waals surface area contributed by atoms with Crippen LogP contribution in [0.4, 0.5) is 0 Å². The summed E-state index contributed by atoms with van der Waals surface area (Å²) in [4.78, 5) is 7.72. The predicted molar refractivity (Wildman–Crippen MR) is 146 cm³/mol. The number of fused-ring (bicyclic) bond motifs is 1. The Labute approximate surface area is 213 Å². The van der Waals surface area contributed by atoms with Gasteiger partial charge < -0.3 is 25.1 Å². The van der Waals surface area contributed by atoms with Gasteiger partial charge in [-0.3, -0.25) is 4.99 Å². The van der Waals surface area contributed by atoms with Crippen molar-refractivity contribution in [3.05, 3.63) is 65.4 Å². The molecule has 2 aromatic carbocycles. The van der Waals surface area contributed by atoms with Gasteiger partial charge in [-0.05, 0) is 49.4 Å². The highest BCUT2D eigenvalue weighted by Crippen LogP contribution is 2.23. The van der Waals surface area contributed by atoms with Crippen molar-refractivity contribution in [2.75, 3.05) is 33.4 Å². The van der Waals surface area contributed by atoms with Crippen LogP contribution in [-0.4, -0.2) is 44.4 Å². The third-order valence-electron chi connectivity index (χ3n) is 5.98. The van der Waals surface area contributed by atoms with Crippen LogP contribution in [0.15, 0.2) is 53.7 Å². The van der Waals surface area contributed by atoms with E-state index in [1.165, 1.54) is 22.0 Å². The number of aromatic nitrogens is 1. The molecule has 1 aliphatic rings. The van der Waals surface area contributed by atoms with Gasteiger partial charge in [-0.1, -0.05) is 30.3 Å². The van der Waals surface area contributed by atoms with Crippen LogP contribution in [0.25, 0.3) is 10.9 Å². The molecule has 3 N–H and O–H groups in total. The standard InChI is InChI=1S/C26H34N4O2.HI/c1-19-9-10-22(25(14-19)32-18-20-11-13-31-17-20)16-30-26(27-2)28-12-5-6-21-15-29-24-8-4-3-7-23(21)24;/h3-4,7-10,14-15,20,29H,5-6,11-13,16-18H2,1-2H3,(H2,27,28,30);1H. The lowest BCUT2D eigenvalue weighted by atomic mass is 10.1. The molecule has 7 heteroatoms. The molecule has 0 saturated carbocycles. The van der Waals surface area contributed by atoms with E-state index in [9.17, 15) is 0 Å². The third kappa shape index (κ3) is 7.11. The van der Waals surface area contributed by atoms with Crippen LogP contribution in [0.3, 0.4) is 0 Å². The Morgan fingerprint density at radius 2 is 2.06 bits per heavy atom. The number of para-hydroxylation sites is 1. The molecular weight excluding hydrogens is 527 g/mol. The maximum atomic E-state index is 6.16. The average molecular weight is 562 g/mol. The number of nitrogens with one attached hydrogen (secondary N) is 3. The van der Waals surface area contributed by atoms with Crippen molar-refractivity contribution < 1.29 is 9.47 Å². The van der Waals surface area contributed by atoms with Crippen molar-refractivity contribution in [2.45, 2.75) is 32.7 Å². The van der Waals surface area contributed by atoms with E-state index in [0.29, 0.717) is 19.1 Å². The molecule has 1 fully saturated rings. The maximum absolute atomic E-state index is 6.16. The van der Waals surface area contributed by atoms with Gasteiger partial charge in [-0.25, -0.2) is 0 Å². The summed E-state index contributed by atoms with van der Waals surface area (Å²) in [5.74, 6) is 2.24. The Hall–Kier alpha value is -2.26. The largest absolute Gasteiger partial charge is 0.493 e. The molecule has 178 valence electrons. The highest BCUT2D eigenvalue weighted by atomic mass is 127. The minimum atomic E-state index is 0. The minimum absolute atomic E-state index is 0. The van der Waals surface area contributed by atoms with Crippen molar-refractivity contribution in [3.8, 4) is 5.75 Å². The molecule has 1 aliphatic heterocycles. The summed E-state index contributed by atoms with van der Waals surface area (Å²) < 4.78 is 11.6. The molecule has 0 amide bonds. The van der Waals surface area contributed by atoms with Crippen molar-refractivity contribution in [3.63, 3.8) is 0 Å². The highest BCUT2D eigenvalue weighted by molar-refractivity contribution is 14.0. The van der Waals surface area contributed by atoms with Gasteiger partial charge in [0.05, 0.1) is 13.2 Å². The van der Waals surface area contributed by atoms with Crippen LogP contribution >= 0.6 is 24.0 Å². The second-order valence-corrected chi connectivity index (χ2v) is 8.47. The van der Waals surface area contributed by atoms with Crippen LogP contribution < -0.4 is 15.4 Å². The first-order chi connectivity index (χ1) is 15.7. The van der Waals surface area contributed by atoms with E-state index in [4.69, 9.17) is 9.47 Å². The number of H-pyrrole nitrogens is 1. The molecule has 4 rings (SSSR count). The number of ether oxygens (including phenoxy) is 2. The van der Waals surface area contributed by atoms with Gasteiger partial charge in [-0.2, -0.15) is 0 Å². The Balaban J connectivity index is 0.00000306. The number of hydrogen-bond acceptors (Lipinski definition) is 3. The zero-order valence-corrected chi connectivity index (χ0v) is 21.9. The Morgan fingerprint density at radius 3 is 2.88 bits per heavy atom. The molecular formula is C26H35IN4O2. The van der Waals surface area contributed by atoms with Gasteiger partial charge >= 0.3 is 0 Å². The van der Waals surface area contributed by atoms with Crippen molar-refractivity contribution in [1.82, 2.24) is 15.6 Å². The predicted octanol–water partition coefficient (Wildman–Crippen LogP) is 4.81. The van der Waals surface area contributed by atoms with Crippen LogP contribution in [-0.2, 0) is 17.7 Å². The molecule has 0 bridgehead atoms. The fourth-order valence-corrected chi connectivity index (χ4v) is 4.09. The summed E-state index contributed by atoms with van der Waals surface area (Å²) in [7, 11) is 1.81. The van der Waals surface area contributed by atoms with Gasteiger partial charge in [-0.15, -0.1) is 24.0 Å². The molecule has 0 aliphatic carbocycles. The summed E-state index contributed by atoms with van der Waals surface area (Å²) >= 11 is 0. The number of guanidine groups is 1. The zero-order valence-electron chi connectivity index (χ0n) is 19.5. The van der Waals surface area contributed by atoms with E-state index in [0.717, 1.165) is 56.3 Å². The highest BCUT2D eigenvalue weighted by Gasteiger charge is 2.17. The lowest BCUT2D eigenvalue weighted by Crippen LogP contribution is -2.37. The van der Waals surface area contributed by atoms with Crippen molar-refractivity contribution >= 4 is 40.8 Å². The summed E-state index contributed by atoms with van der Waals surface area (Å²) in [5.41, 5.74) is 4.89. The van der Waals surface area contributed by atoms with Gasteiger partial charge in [0.25, 0.3) is 0 Å². The second-order valence-electron chi connectivity index (χ2n) is 8.47. The first kappa shape index (κ1) is 25.4. The number of rotatable bonds is 9. The lowest BCUT2D eigenvalue weighted by molar-refractivity contribution is 0.166. The molecule has 6 nitrogen and oxygen atoms in total. The number of hydrogen-bond donors (Lipinski definition) is 3. The fraction of sp³-hybridized carbons (Fsp3) is 0.423. The van der Waals surface area contributed by atoms with Crippen LogP contribution in [0, 0.1) is 12.8 Å². The van der Waals surface area contributed by atoms with Gasteiger partial charge in [0.15, 0.2) is 5.96 Å². The Kier molecular flexibility index (Phi) is 9.87. The maximum Gasteiger partial charge on any atom is 0.191 e. The summed E-state index contributed by atoms with van der Waals surface area (Å²) in [5, 5.41) is 8.17. The molecule has 2 heterocycles. The lowest BCUT2D eigenvalue weighted by Gasteiger charge is -2.17. The first-order valence-electron chi connectivity index (χ1n) is 11.5. The molecule has 1 atom stereocenters. The van der Waals surface area contributed by atoms with Crippen molar-refractivity contribution in [2.24, 2.45) is 10.9 Å². The van der Waals surface area contributed by atoms with Crippen molar-refractivity contribution in [1.29, 1.82) is 0 Å². The summed E-state index contributed by atoms with van der Waals surface area (Å²) in [6.07, 6.45) is 5.25. The quantitative estimate of drug-likeness (QED) is 0.152. The molecule has 1 aromatic heterocycles. The van der Waals surface area contributed by atoms with Crippen LogP contribution in [0.1, 0.15) is 29.5 Å². The van der Waals surface area contributed by atoms with E-state index < -0.39 is 0 Å². The number of aliphatic imine (C=N–C) groups is 1. The van der Waals surface area contributed by atoms with Crippen LogP contribution in [0.2, 0.25) is 0 Å². The van der Waals surface area contributed by atoms with Gasteiger partial charge in [0.1, 0.15) is 5.75 Å². The van der Waals surface area contributed by atoms with Gasteiger partial charge in [0.2, 0.25) is 0 Å². The smallest absolute Gasteiger partial charge is 0.191 e. The zero-order chi connectivity index (χ0) is 22.2. The number of aromatic amines is 1. The topological polar surface area (TPSA) is 70.7 Å². The van der Waals surface area contributed by atoms with Gasteiger partial charge in [0, 0.05) is 55.3 Å². The van der Waals surface area contributed by atoms with E-state index in [1.807, 2.05) is 7.05 Å². The molecule has 1 saturated heterocycles. The minimum Gasteiger partial charge on any atom is -0.493 e. The first-order valence-corrected chi connectivity index (χ1v) is 11.5. The molecule has 1 unspecified atom stereocenters. The molecule has 0 spiro atoms. The third-order valence-corrected chi connectivity index (χ3v) is 5.98. The van der Waals surface area contributed by atoms with E-state index in [-0.39, 0.29) is 24.0 Å². The average Bonchev–Trinajstić information content (AvgIpc) is 3.48. The van der Waals surface area contributed by atoms with Crippen LogP contribution in [0.5, 0.6) is 5.75 Å². The second kappa shape index (κ2) is 12.8. The monoisotopic (exact) mass is 562 g/mol. The number of halogens is 1. The summed E-state index contributed by atoms with van der Waals surface area (Å²) in [6.45, 7) is 5.97. The molecule has 0 radical (unpaired) electrons.